The molecule has 184 valence electrons. The molecule has 0 N–H and O–H groups in total. The maximum absolute atomic E-state index is 13.2. The highest BCUT2D eigenvalue weighted by Gasteiger charge is 2.31. The number of benzene rings is 2. The summed E-state index contributed by atoms with van der Waals surface area (Å²) in [5.41, 5.74) is 6.11. The summed E-state index contributed by atoms with van der Waals surface area (Å²) in [5, 5.41) is 4.16. The molecule has 0 aliphatic carbocycles. The first-order valence-corrected chi connectivity index (χ1v) is 12.7. The Hall–Kier alpha value is -3.19. The lowest BCUT2D eigenvalue weighted by Crippen LogP contribution is -2.51. The molecule has 2 saturated heterocycles. The lowest BCUT2D eigenvalue weighted by atomic mass is 9.95. The predicted molar refractivity (Wildman–Crippen MR) is 137 cm³/mol. The van der Waals surface area contributed by atoms with Gasteiger partial charge in [0.25, 0.3) is 0 Å². The molecule has 35 heavy (non-hydrogen) atoms. The van der Waals surface area contributed by atoms with Gasteiger partial charge in [-0.15, -0.1) is 0 Å². The largest absolute Gasteiger partial charge is 0.368 e. The number of carbonyl (C=O) groups excluding carboxylic acids is 1. The summed E-state index contributed by atoms with van der Waals surface area (Å²) in [7, 11) is 0. The van der Waals surface area contributed by atoms with Crippen LogP contribution in [0.25, 0.3) is 11.4 Å². The van der Waals surface area contributed by atoms with Crippen LogP contribution in [-0.4, -0.2) is 65.1 Å². The number of likely N-dealkylation sites (tertiary alicyclic amines) is 1. The summed E-state index contributed by atoms with van der Waals surface area (Å²) >= 11 is 0. The Bertz CT molecular complexity index is 1170. The van der Waals surface area contributed by atoms with Crippen LogP contribution in [0.2, 0.25) is 0 Å². The molecule has 2 fully saturated rings. The summed E-state index contributed by atoms with van der Waals surface area (Å²) in [6.45, 7) is 12.2. The minimum Gasteiger partial charge on any atom is -0.368 e. The molecule has 0 unspecified atom stereocenters. The molecule has 0 bridgehead atoms. The van der Waals surface area contributed by atoms with Crippen molar-refractivity contribution in [2.24, 2.45) is 5.92 Å². The number of aromatic nitrogens is 2. The Morgan fingerprint density at radius 3 is 2.46 bits per heavy atom. The average Bonchev–Trinajstić information content (AvgIpc) is 3.34. The van der Waals surface area contributed by atoms with Crippen LogP contribution in [0.5, 0.6) is 0 Å². The zero-order valence-electron chi connectivity index (χ0n) is 21.0. The summed E-state index contributed by atoms with van der Waals surface area (Å²) in [6, 6.07) is 14.6. The molecule has 3 aromatic rings. The topological polar surface area (TPSA) is 65.7 Å². The van der Waals surface area contributed by atoms with Crippen molar-refractivity contribution < 1.29 is 9.32 Å². The van der Waals surface area contributed by atoms with E-state index in [1.165, 1.54) is 22.4 Å². The van der Waals surface area contributed by atoms with Crippen molar-refractivity contribution in [3.05, 3.63) is 65.0 Å². The number of piperazine rings is 1. The van der Waals surface area contributed by atoms with Crippen LogP contribution in [-0.2, 0) is 11.3 Å². The van der Waals surface area contributed by atoms with Gasteiger partial charge < -0.3 is 14.3 Å². The van der Waals surface area contributed by atoms with Crippen molar-refractivity contribution in [3.8, 4) is 11.4 Å². The Morgan fingerprint density at radius 1 is 0.971 bits per heavy atom. The number of anilines is 1. The molecular weight excluding hydrogens is 438 g/mol. The summed E-state index contributed by atoms with van der Waals surface area (Å²) < 4.78 is 5.51. The Labute approximate surface area is 207 Å². The van der Waals surface area contributed by atoms with E-state index in [1.54, 1.807) is 0 Å². The van der Waals surface area contributed by atoms with E-state index >= 15 is 0 Å². The van der Waals surface area contributed by atoms with Crippen molar-refractivity contribution in [1.29, 1.82) is 0 Å². The van der Waals surface area contributed by atoms with E-state index in [0.29, 0.717) is 24.2 Å². The van der Waals surface area contributed by atoms with Crippen LogP contribution in [0, 0.1) is 26.7 Å². The van der Waals surface area contributed by atoms with Crippen molar-refractivity contribution in [2.45, 2.75) is 40.2 Å². The van der Waals surface area contributed by atoms with E-state index in [0.717, 1.165) is 57.7 Å². The summed E-state index contributed by atoms with van der Waals surface area (Å²) in [4.78, 5) is 24.6. The SMILES string of the molecule is Cc1cccc(-c2noc(CN3CCC(C(=O)N4CCN(c5cccc(C)c5C)CC4)CC3)n2)c1. The minimum atomic E-state index is 0.115. The highest BCUT2D eigenvalue weighted by atomic mass is 16.5. The van der Waals surface area contributed by atoms with Crippen molar-refractivity contribution in [1.82, 2.24) is 19.9 Å². The predicted octanol–water partition coefficient (Wildman–Crippen LogP) is 4.22. The molecule has 0 atom stereocenters. The summed E-state index contributed by atoms with van der Waals surface area (Å²) in [5.74, 6) is 1.71. The Balaban J connectivity index is 1.10. The molecule has 7 heteroatoms. The Morgan fingerprint density at radius 2 is 1.71 bits per heavy atom. The number of carbonyl (C=O) groups is 1. The number of aryl methyl sites for hydroxylation is 2. The Kier molecular flexibility index (Phi) is 6.86. The molecule has 7 nitrogen and oxygen atoms in total. The van der Waals surface area contributed by atoms with Gasteiger partial charge in [-0.3, -0.25) is 9.69 Å². The van der Waals surface area contributed by atoms with E-state index in [9.17, 15) is 4.79 Å². The van der Waals surface area contributed by atoms with Gasteiger partial charge in [0.2, 0.25) is 17.6 Å². The van der Waals surface area contributed by atoms with Crippen molar-refractivity contribution in [3.63, 3.8) is 0 Å². The van der Waals surface area contributed by atoms with Crippen LogP contribution in [0.3, 0.4) is 0 Å². The van der Waals surface area contributed by atoms with Crippen LogP contribution in [0.15, 0.2) is 47.0 Å². The monoisotopic (exact) mass is 473 g/mol. The van der Waals surface area contributed by atoms with Gasteiger partial charge in [-0.25, -0.2) is 0 Å². The number of piperidine rings is 1. The highest BCUT2D eigenvalue weighted by molar-refractivity contribution is 5.79. The van der Waals surface area contributed by atoms with Gasteiger partial charge in [-0.1, -0.05) is 41.1 Å². The van der Waals surface area contributed by atoms with Crippen LogP contribution < -0.4 is 4.90 Å². The van der Waals surface area contributed by atoms with Gasteiger partial charge in [0.1, 0.15) is 0 Å². The number of amides is 1. The standard InChI is InChI=1S/C28H35N5O2/c1-20-6-4-8-24(18-20)27-29-26(35-30-27)19-31-12-10-23(11-13-31)28(34)33-16-14-32(15-17-33)25-9-5-7-21(2)22(25)3/h4-9,18,23H,10-17,19H2,1-3H3. The van der Waals surface area contributed by atoms with Gasteiger partial charge >= 0.3 is 0 Å². The van der Waals surface area contributed by atoms with E-state index in [4.69, 9.17) is 4.52 Å². The van der Waals surface area contributed by atoms with Gasteiger partial charge in [0, 0.05) is 43.3 Å². The lowest BCUT2D eigenvalue weighted by Gasteiger charge is -2.39. The third kappa shape index (κ3) is 5.25. The first-order chi connectivity index (χ1) is 17.0. The molecule has 2 aromatic carbocycles. The van der Waals surface area contributed by atoms with E-state index in [2.05, 4.69) is 75.9 Å². The molecule has 5 rings (SSSR count). The quantitative estimate of drug-likeness (QED) is 0.553. The molecule has 0 radical (unpaired) electrons. The van der Waals surface area contributed by atoms with E-state index < -0.39 is 0 Å². The molecule has 3 heterocycles. The van der Waals surface area contributed by atoms with Gasteiger partial charge in [0.15, 0.2) is 0 Å². The second-order valence-corrected chi connectivity index (χ2v) is 9.96. The number of rotatable bonds is 5. The minimum absolute atomic E-state index is 0.115. The molecule has 0 saturated carbocycles. The fraction of sp³-hybridized carbons (Fsp3) is 0.464. The van der Waals surface area contributed by atoms with E-state index in [-0.39, 0.29) is 5.92 Å². The highest BCUT2D eigenvalue weighted by Crippen LogP contribution is 2.26. The first-order valence-electron chi connectivity index (χ1n) is 12.7. The number of hydrogen-bond donors (Lipinski definition) is 0. The van der Waals surface area contributed by atoms with Crippen LogP contribution >= 0.6 is 0 Å². The smallest absolute Gasteiger partial charge is 0.241 e. The van der Waals surface area contributed by atoms with Gasteiger partial charge in [0.05, 0.1) is 6.54 Å². The lowest BCUT2D eigenvalue weighted by molar-refractivity contribution is -0.137. The molecule has 0 spiro atoms. The maximum Gasteiger partial charge on any atom is 0.241 e. The van der Waals surface area contributed by atoms with Gasteiger partial charge in [-0.2, -0.15) is 4.98 Å². The normalized spacial score (nSPS) is 17.7. The second kappa shape index (κ2) is 10.2. The van der Waals surface area contributed by atoms with Crippen molar-refractivity contribution in [2.75, 3.05) is 44.2 Å². The third-order valence-electron chi connectivity index (χ3n) is 7.55. The average molecular weight is 474 g/mol. The molecular formula is C28H35N5O2. The van der Waals surface area contributed by atoms with Crippen LogP contribution in [0.1, 0.15) is 35.4 Å². The zero-order valence-corrected chi connectivity index (χ0v) is 21.0. The molecule has 1 amide bonds. The van der Waals surface area contributed by atoms with Crippen LogP contribution in [0.4, 0.5) is 5.69 Å². The zero-order chi connectivity index (χ0) is 24.4. The molecule has 2 aliphatic rings. The summed E-state index contributed by atoms with van der Waals surface area (Å²) in [6.07, 6.45) is 1.77. The van der Waals surface area contributed by atoms with Gasteiger partial charge in [-0.05, 0) is 70.0 Å². The maximum atomic E-state index is 13.2. The third-order valence-corrected chi connectivity index (χ3v) is 7.55. The number of hydrogen-bond acceptors (Lipinski definition) is 6. The van der Waals surface area contributed by atoms with Crippen molar-refractivity contribution >= 4 is 11.6 Å². The fourth-order valence-electron chi connectivity index (χ4n) is 5.25. The fourth-order valence-corrected chi connectivity index (χ4v) is 5.25. The van der Waals surface area contributed by atoms with E-state index in [1.807, 2.05) is 12.1 Å². The molecule has 1 aromatic heterocycles. The first kappa shape index (κ1) is 23.5. The second-order valence-electron chi connectivity index (χ2n) is 9.96. The number of nitrogens with zero attached hydrogens (tertiary/aromatic N) is 5. The molecule has 2 aliphatic heterocycles.